The molecule has 1 aliphatic rings. The maximum atomic E-state index is 12.9. The van der Waals surface area contributed by atoms with Gasteiger partial charge in [-0.2, -0.15) is 5.01 Å². The van der Waals surface area contributed by atoms with E-state index in [1.807, 2.05) is 0 Å². The van der Waals surface area contributed by atoms with Crippen LogP contribution in [0.4, 0.5) is 10.5 Å². The van der Waals surface area contributed by atoms with Gasteiger partial charge in [0.15, 0.2) is 0 Å². The van der Waals surface area contributed by atoms with Crippen molar-refractivity contribution in [3.63, 3.8) is 0 Å². The van der Waals surface area contributed by atoms with Crippen LogP contribution in [0.1, 0.15) is 24.5 Å². The summed E-state index contributed by atoms with van der Waals surface area (Å²) in [5.74, 6) is -1.38. The Hall–Kier alpha value is -4.01. The Balaban J connectivity index is 1.79. The van der Waals surface area contributed by atoms with Crippen LogP contribution >= 0.6 is 0 Å². The van der Waals surface area contributed by atoms with Crippen LogP contribution in [0, 0.1) is 10.1 Å². The normalized spacial score (nSPS) is 18.7. The van der Waals surface area contributed by atoms with Gasteiger partial charge in [0.25, 0.3) is 17.5 Å². The number of nitro groups is 1. The average molecular weight is 394 g/mol. The zero-order valence-electron chi connectivity index (χ0n) is 15.5. The fourth-order valence-electron chi connectivity index (χ4n) is 3.15. The van der Waals surface area contributed by atoms with Crippen molar-refractivity contribution in [2.45, 2.75) is 18.9 Å². The van der Waals surface area contributed by atoms with Gasteiger partial charge in [0.2, 0.25) is 0 Å². The molecule has 1 fully saturated rings. The molecule has 0 bridgehead atoms. The Morgan fingerprint density at radius 2 is 1.83 bits per heavy atom. The lowest BCUT2D eigenvalue weighted by molar-refractivity contribution is -0.385. The molecule has 148 valence electrons. The molecular formula is C20H18N4O5. The van der Waals surface area contributed by atoms with Gasteiger partial charge in [-0.05, 0) is 24.1 Å². The number of benzene rings is 2. The van der Waals surface area contributed by atoms with E-state index in [9.17, 15) is 24.5 Å². The summed E-state index contributed by atoms with van der Waals surface area (Å²) < 4.78 is 0. The molecule has 4 amide bonds. The van der Waals surface area contributed by atoms with Crippen molar-refractivity contribution in [1.82, 2.24) is 15.8 Å². The summed E-state index contributed by atoms with van der Waals surface area (Å²) in [6.45, 7) is 1.75. The minimum Gasteiger partial charge on any atom is -0.318 e. The summed E-state index contributed by atoms with van der Waals surface area (Å²) in [6, 6.07) is 13.9. The monoisotopic (exact) mass is 394 g/mol. The Labute approximate surface area is 166 Å². The van der Waals surface area contributed by atoms with Crippen LogP contribution in [0.3, 0.4) is 0 Å². The van der Waals surface area contributed by atoms with Gasteiger partial charge in [-0.3, -0.25) is 25.1 Å². The maximum Gasteiger partial charge on any atom is 0.344 e. The molecule has 0 spiro atoms. The first-order valence-electron chi connectivity index (χ1n) is 8.83. The number of carbonyl (C=O) groups excluding carboxylic acids is 3. The topological polar surface area (TPSA) is 122 Å². The standard InChI is InChI=1S/C20H18N4O5/c1-2-20(15-9-4-3-5-10-15)18(26)23(19(27)21-20)22-17(25)13-12-14-8-6-7-11-16(14)24(28)29/h3-13H,2H2,1H3,(H,21,27)(H,22,25)/b13-12+/t20-/m0/s1. The highest BCUT2D eigenvalue weighted by molar-refractivity contribution is 6.09. The Morgan fingerprint density at radius 3 is 2.48 bits per heavy atom. The summed E-state index contributed by atoms with van der Waals surface area (Å²) in [5, 5.41) is 14.3. The van der Waals surface area contributed by atoms with Crippen molar-refractivity contribution in [3.05, 3.63) is 81.9 Å². The molecule has 29 heavy (non-hydrogen) atoms. The first kappa shape index (κ1) is 19.7. The van der Waals surface area contributed by atoms with Crippen molar-refractivity contribution in [2.75, 3.05) is 0 Å². The molecule has 3 rings (SSSR count). The van der Waals surface area contributed by atoms with E-state index in [4.69, 9.17) is 0 Å². The van der Waals surface area contributed by atoms with E-state index in [0.717, 1.165) is 6.08 Å². The number of hydrogen-bond acceptors (Lipinski definition) is 5. The number of rotatable bonds is 6. The second kappa shape index (κ2) is 7.93. The van der Waals surface area contributed by atoms with Crippen molar-refractivity contribution < 1.29 is 19.3 Å². The van der Waals surface area contributed by atoms with Gasteiger partial charge in [0.05, 0.1) is 10.5 Å². The van der Waals surface area contributed by atoms with Crippen molar-refractivity contribution in [2.24, 2.45) is 0 Å². The molecular weight excluding hydrogens is 376 g/mol. The van der Waals surface area contributed by atoms with Crippen LogP contribution in [-0.2, 0) is 15.1 Å². The van der Waals surface area contributed by atoms with E-state index >= 15 is 0 Å². The number of para-hydroxylation sites is 1. The van der Waals surface area contributed by atoms with Crippen LogP contribution in [-0.4, -0.2) is 27.8 Å². The third-order valence-corrected chi connectivity index (χ3v) is 4.66. The van der Waals surface area contributed by atoms with Gasteiger partial charge in [0.1, 0.15) is 5.54 Å². The molecule has 9 heteroatoms. The quantitative estimate of drug-likeness (QED) is 0.337. The molecule has 2 aromatic rings. The van der Waals surface area contributed by atoms with E-state index in [2.05, 4.69) is 10.7 Å². The molecule has 2 N–H and O–H groups in total. The van der Waals surface area contributed by atoms with Crippen LogP contribution in [0.5, 0.6) is 0 Å². The lowest BCUT2D eigenvalue weighted by Crippen LogP contribution is -2.48. The number of nitrogens with one attached hydrogen (secondary N) is 2. The number of hydrazine groups is 1. The number of carbonyl (C=O) groups is 3. The molecule has 0 unspecified atom stereocenters. The molecule has 0 saturated carbocycles. The van der Waals surface area contributed by atoms with Crippen LogP contribution in [0.15, 0.2) is 60.7 Å². The molecule has 1 atom stereocenters. The molecule has 0 radical (unpaired) electrons. The van der Waals surface area contributed by atoms with Gasteiger partial charge in [0, 0.05) is 12.1 Å². The molecule has 1 aliphatic heterocycles. The van der Waals surface area contributed by atoms with E-state index < -0.39 is 28.3 Å². The first-order chi connectivity index (χ1) is 13.9. The Morgan fingerprint density at radius 1 is 1.17 bits per heavy atom. The third kappa shape index (κ3) is 3.70. The highest BCUT2D eigenvalue weighted by Gasteiger charge is 2.52. The van der Waals surface area contributed by atoms with Gasteiger partial charge in [-0.1, -0.05) is 49.4 Å². The third-order valence-electron chi connectivity index (χ3n) is 4.66. The van der Waals surface area contributed by atoms with E-state index in [1.165, 1.54) is 24.3 Å². The van der Waals surface area contributed by atoms with Crippen molar-refractivity contribution in [1.29, 1.82) is 0 Å². The maximum absolute atomic E-state index is 12.9. The minimum atomic E-state index is -1.27. The minimum absolute atomic E-state index is 0.166. The predicted molar refractivity (Wildman–Crippen MR) is 104 cm³/mol. The summed E-state index contributed by atoms with van der Waals surface area (Å²) >= 11 is 0. The highest BCUT2D eigenvalue weighted by atomic mass is 16.6. The van der Waals surface area contributed by atoms with Crippen molar-refractivity contribution in [3.8, 4) is 0 Å². The smallest absolute Gasteiger partial charge is 0.318 e. The SMILES string of the molecule is CC[C@@]1(c2ccccc2)NC(=O)N(NC(=O)/C=C/c2ccccc2[N+](=O)[O-])C1=O. The largest absolute Gasteiger partial charge is 0.344 e. The highest BCUT2D eigenvalue weighted by Crippen LogP contribution is 2.31. The van der Waals surface area contributed by atoms with E-state index in [1.54, 1.807) is 43.3 Å². The van der Waals surface area contributed by atoms with Gasteiger partial charge < -0.3 is 5.32 Å². The second-order valence-corrected chi connectivity index (χ2v) is 6.32. The molecule has 1 saturated heterocycles. The van der Waals surface area contributed by atoms with Gasteiger partial charge >= 0.3 is 6.03 Å². The number of amides is 4. The molecule has 0 aromatic heterocycles. The predicted octanol–water partition coefficient (Wildman–Crippen LogP) is 2.50. The summed E-state index contributed by atoms with van der Waals surface area (Å²) in [5.41, 5.74) is 1.62. The Bertz CT molecular complexity index is 1000. The lowest BCUT2D eigenvalue weighted by atomic mass is 9.87. The van der Waals surface area contributed by atoms with Crippen molar-refractivity contribution >= 4 is 29.6 Å². The molecule has 0 aliphatic carbocycles. The zero-order chi connectivity index (χ0) is 21.0. The Kier molecular flexibility index (Phi) is 5.40. The van der Waals surface area contributed by atoms with Crippen LogP contribution < -0.4 is 10.7 Å². The zero-order valence-corrected chi connectivity index (χ0v) is 15.5. The first-order valence-corrected chi connectivity index (χ1v) is 8.83. The summed E-state index contributed by atoms with van der Waals surface area (Å²) in [4.78, 5) is 48.0. The fraction of sp³-hybridized carbons (Fsp3) is 0.150. The summed E-state index contributed by atoms with van der Waals surface area (Å²) in [7, 11) is 0. The van der Waals surface area contributed by atoms with Crippen LogP contribution in [0.25, 0.3) is 6.08 Å². The molecule has 1 heterocycles. The number of imide groups is 1. The summed E-state index contributed by atoms with van der Waals surface area (Å²) in [6.07, 6.45) is 2.56. The fourth-order valence-corrected chi connectivity index (χ4v) is 3.15. The average Bonchev–Trinajstić information content (AvgIpc) is 2.98. The molecule has 2 aromatic carbocycles. The molecule has 9 nitrogen and oxygen atoms in total. The number of hydrogen-bond donors (Lipinski definition) is 2. The number of urea groups is 1. The number of nitrogens with zero attached hydrogens (tertiary/aromatic N) is 2. The van der Waals surface area contributed by atoms with Gasteiger partial charge in [-0.15, -0.1) is 0 Å². The number of nitro benzene ring substituents is 1. The van der Waals surface area contributed by atoms with E-state index in [-0.39, 0.29) is 11.3 Å². The lowest BCUT2D eigenvalue weighted by Gasteiger charge is -2.25. The van der Waals surface area contributed by atoms with E-state index in [0.29, 0.717) is 17.0 Å². The second-order valence-electron chi connectivity index (χ2n) is 6.32. The van der Waals surface area contributed by atoms with Crippen LogP contribution in [0.2, 0.25) is 0 Å². The van der Waals surface area contributed by atoms with Gasteiger partial charge in [-0.25, -0.2) is 4.79 Å².